The highest BCUT2D eigenvalue weighted by Crippen LogP contribution is 2.38. The summed E-state index contributed by atoms with van der Waals surface area (Å²) in [6.07, 6.45) is 0. The van der Waals surface area contributed by atoms with Crippen LogP contribution in [0.1, 0.15) is 41.5 Å². The Hall–Kier alpha value is -1.85. The average Bonchev–Trinajstić information content (AvgIpc) is 3.14. The molecule has 1 aliphatic rings. The van der Waals surface area contributed by atoms with E-state index in [4.69, 9.17) is 0 Å². The van der Waals surface area contributed by atoms with Crippen LogP contribution in [0.2, 0.25) is 0 Å². The number of nitrogens with zero attached hydrogens (tertiary/aromatic N) is 2. The summed E-state index contributed by atoms with van der Waals surface area (Å²) in [7, 11) is 0. The minimum Gasteiger partial charge on any atom is -0.325 e. The molecule has 1 unspecified atom stereocenters. The summed E-state index contributed by atoms with van der Waals surface area (Å²) in [6.45, 7) is 11.4. The Labute approximate surface area is 178 Å². The van der Waals surface area contributed by atoms with Gasteiger partial charge in [-0.05, 0) is 48.6 Å². The molecule has 1 aliphatic heterocycles. The van der Waals surface area contributed by atoms with E-state index in [2.05, 4.69) is 50.8 Å². The van der Waals surface area contributed by atoms with Crippen molar-refractivity contribution in [3.05, 3.63) is 70.5 Å². The molecule has 0 N–H and O–H groups in total. The van der Waals surface area contributed by atoms with Gasteiger partial charge in [0.2, 0.25) is 5.91 Å². The summed E-state index contributed by atoms with van der Waals surface area (Å²) < 4.78 is 13.3. The van der Waals surface area contributed by atoms with E-state index in [1.54, 1.807) is 23.9 Å². The lowest BCUT2D eigenvalue weighted by Gasteiger charge is -2.29. The molecule has 0 radical (unpaired) electrons. The predicted molar refractivity (Wildman–Crippen MR) is 119 cm³/mol. The van der Waals surface area contributed by atoms with Gasteiger partial charge < -0.3 is 4.90 Å². The number of benzene rings is 2. The van der Waals surface area contributed by atoms with Crippen molar-refractivity contribution in [2.24, 2.45) is 5.92 Å². The maximum atomic E-state index is 13.3. The van der Waals surface area contributed by atoms with Gasteiger partial charge in [0, 0.05) is 25.4 Å². The lowest BCUT2D eigenvalue weighted by molar-refractivity contribution is -0.132. The summed E-state index contributed by atoms with van der Waals surface area (Å²) in [5, 5.41) is -0.0234. The second-order valence-electron chi connectivity index (χ2n) is 8.36. The highest BCUT2D eigenvalue weighted by Gasteiger charge is 2.31. The Morgan fingerprint density at radius 3 is 2.62 bits per heavy atom. The van der Waals surface area contributed by atoms with E-state index in [-0.39, 0.29) is 17.1 Å². The number of halogens is 1. The highest BCUT2D eigenvalue weighted by molar-refractivity contribution is 7.99. The molecular weight excluding hydrogens is 383 g/mol. The summed E-state index contributed by atoms with van der Waals surface area (Å²) in [4.78, 5) is 17.4. The molecule has 0 saturated carbocycles. The van der Waals surface area contributed by atoms with Crippen LogP contribution in [0.4, 0.5) is 4.39 Å². The van der Waals surface area contributed by atoms with E-state index >= 15 is 0 Å². The summed E-state index contributed by atoms with van der Waals surface area (Å²) >= 11 is 1.75. The van der Waals surface area contributed by atoms with Gasteiger partial charge in [-0.1, -0.05) is 49.7 Å². The first kappa shape index (κ1) is 21.8. The van der Waals surface area contributed by atoms with Crippen molar-refractivity contribution < 1.29 is 9.18 Å². The first-order valence-corrected chi connectivity index (χ1v) is 11.3. The maximum Gasteiger partial charge on any atom is 0.237 e. The van der Waals surface area contributed by atoms with Crippen LogP contribution in [0.25, 0.3) is 0 Å². The van der Waals surface area contributed by atoms with Crippen LogP contribution in [0, 0.1) is 25.6 Å². The first-order valence-electron chi connectivity index (χ1n) is 10.3. The molecule has 1 heterocycles. The zero-order valence-electron chi connectivity index (χ0n) is 17.8. The minimum atomic E-state index is -0.244. The molecule has 0 aromatic heterocycles. The van der Waals surface area contributed by atoms with Crippen LogP contribution >= 0.6 is 11.8 Å². The molecule has 1 atom stereocenters. The van der Waals surface area contributed by atoms with E-state index in [1.165, 1.54) is 28.8 Å². The van der Waals surface area contributed by atoms with Crippen LogP contribution in [0.5, 0.6) is 0 Å². The predicted octanol–water partition coefficient (Wildman–Crippen LogP) is 5.17. The van der Waals surface area contributed by atoms with Crippen molar-refractivity contribution >= 4 is 17.7 Å². The SMILES string of the molecule is Cc1ccc(C)c(CN(CC(=O)N2CCSC2c2ccc(F)cc2)CC(C)C)c1. The Morgan fingerprint density at radius 2 is 1.93 bits per heavy atom. The third-order valence-electron chi connectivity index (χ3n) is 5.25. The summed E-state index contributed by atoms with van der Waals surface area (Å²) in [6, 6.07) is 13.0. The molecule has 2 aromatic carbocycles. The maximum absolute atomic E-state index is 13.3. The molecule has 0 bridgehead atoms. The zero-order chi connectivity index (χ0) is 21.0. The number of hydrogen-bond donors (Lipinski definition) is 0. The minimum absolute atomic E-state index is 0.0234. The molecule has 1 fully saturated rings. The quantitative estimate of drug-likeness (QED) is 0.624. The van der Waals surface area contributed by atoms with Crippen LogP contribution < -0.4 is 0 Å². The molecule has 1 saturated heterocycles. The number of hydrogen-bond acceptors (Lipinski definition) is 3. The van der Waals surface area contributed by atoms with Crippen molar-refractivity contribution in [3.8, 4) is 0 Å². The number of carbonyl (C=O) groups excluding carboxylic acids is 1. The Bertz CT molecular complexity index is 837. The van der Waals surface area contributed by atoms with Gasteiger partial charge in [0.25, 0.3) is 0 Å². The topological polar surface area (TPSA) is 23.6 Å². The smallest absolute Gasteiger partial charge is 0.237 e. The van der Waals surface area contributed by atoms with E-state index < -0.39 is 0 Å². The van der Waals surface area contributed by atoms with Crippen molar-refractivity contribution in [2.75, 3.05) is 25.4 Å². The first-order chi connectivity index (χ1) is 13.8. The molecule has 156 valence electrons. The Balaban J connectivity index is 1.73. The van der Waals surface area contributed by atoms with Gasteiger partial charge in [-0.2, -0.15) is 0 Å². The van der Waals surface area contributed by atoms with Gasteiger partial charge >= 0.3 is 0 Å². The number of carbonyl (C=O) groups is 1. The number of thioether (sulfide) groups is 1. The van der Waals surface area contributed by atoms with Crippen LogP contribution in [-0.2, 0) is 11.3 Å². The van der Waals surface area contributed by atoms with Gasteiger partial charge in [-0.15, -0.1) is 11.8 Å². The fourth-order valence-corrected chi connectivity index (χ4v) is 5.10. The molecule has 0 aliphatic carbocycles. The molecule has 1 amide bonds. The average molecular weight is 415 g/mol. The Kier molecular flexibility index (Phi) is 7.36. The second kappa shape index (κ2) is 9.77. The van der Waals surface area contributed by atoms with Gasteiger partial charge in [0.05, 0.1) is 6.54 Å². The third-order valence-corrected chi connectivity index (χ3v) is 6.51. The third kappa shape index (κ3) is 5.83. The van der Waals surface area contributed by atoms with Crippen molar-refractivity contribution in [1.29, 1.82) is 0 Å². The number of aryl methyl sites for hydroxylation is 2. The standard InChI is InChI=1S/C24H31FN2OS/c1-17(2)14-26(15-21-13-18(3)5-6-19(21)4)16-23(28)27-11-12-29-24(27)20-7-9-22(25)10-8-20/h5-10,13,17,24H,11-12,14-16H2,1-4H3. The van der Waals surface area contributed by atoms with Crippen molar-refractivity contribution in [1.82, 2.24) is 9.80 Å². The largest absolute Gasteiger partial charge is 0.325 e. The summed E-state index contributed by atoms with van der Waals surface area (Å²) in [5.41, 5.74) is 4.78. The van der Waals surface area contributed by atoms with Crippen LogP contribution in [-0.4, -0.2) is 41.1 Å². The molecule has 0 spiro atoms. The summed E-state index contributed by atoms with van der Waals surface area (Å²) in [5.74, 6) is 1.30. The van der Waals surface area contributed by atoms with E-state index in [1.807, 2.05) is 4.90 Å². The van der Waals surface area contributed by atoms with Crippen molar-refractivity contribution in [2.45, 2.75) is 39.6 Å². The van der Waals surface area contributed by atoms with E-state index in [0.29, 0.717) is 12.5 Å². The Morgan fingerprint density at radius 1 is 1.21 bits per heavy atom. The lowest BCUT2D eigenvalue weighted by atomic mass is 10.0. The fraction of sp³-hybridized carbons (Fsp3) is 0.458. The lowest BCUT2D eigenvalue weighted by Crippen LogP contribution is -2.41. The second-order valence-corrected chi connectivity index (χ2v) is 9.54. The molecule has 29 heavy (non-hydrogen) atoms. The monoisotopic (exact) mass is 414 g/mol. The highest BCUT2D eigenvalue weighted by atomic mass is 32.2. The van der Waals surface area contributed by atoms with E-state index in [9.17, 15) is 9.18 Å². The zero-order valence-corrected chi connectivity index (χ0v) is 18.6. The van der Waals surface area contributed by atoms with E-state index in [0.717, 1.165) is 31.0 Å². The van der Waals surface area contributed by atoms with Crippen LogP contribution in [0.15, 0.2) is 42.5 Å². The number of rotatable bonds is 7. The normalized spacial score (nSPS) is 16.8. The molecule has 2 aromatic rings. The molecule has 5 heteroatoms. The van der Waals surface area contributed by atoms with Gasteiger partial charge in [0.15, 0.2) is 0 Å². The van der Waals surface area contributed by atoms with Gasteiger partial charge in [-0.3, -0.25) is 9.69 Å². The molecule has 3 rings (SSSR count). The number of amides is 1. The molecule has 3 nitrogen and oxygen atoms in total. The van der Waals surface area contributed by atoms with Crippen molar-refractivity contribution in [3.63, 3.8) is 0 Å². The van der Waals surface area contributed by atoms with Crippen LogP contribution in [0.3, 0.4) is 0 Å². The fourth-order valence-electron chi connectivity index (χ4n) is 3.82. The van der Waals surface area contributed by atoms with Gasteiger partial charge in [0.1, 0.15) is 11.2 Å². The molecular formula is C24H31FN2OS. The van der Waals surface area contributed by atoms with Gasteiger partial charge in [-0.25, -0.2) is 4.39 Å².